The molecule has 1 heterocycles. The zero-order valence-corrected chi connectivity index (χ0v) is 14.9. The second-order valence-corrected chi connectivity index (χ2v) is 7.06. The largest absolute Gasteiger partial charge is 0.347 e. The Hall–Kier alpha value is -1.92. The summed E-state index contributed by atoms with van der Waals surface area (Å²) in [6.07, 6.45) is 5.05. The topological polar surface area (TPSA) is 76.7 Å². The van der Waals surface area contributed by atoms with E-state index in [-0.39, 0.29) is 12.6 Å². The average Bonchev–Trinajstić information content (AvgIpc) is 2.94. The summed E-state index contributed by atoms with van der Waals surface area (Å²) in [4.78, 5) is 24.1. The molecule has 136 valence electrons. The normalized spacial score (nSPS) is 21.9. The van der Waals surface area contributed by atoms with Gasteiger partial charge in [0.1, 0.15) is 6.10 Å². The lowest BCUT2D eigenvalue weighted by molar-refractivity contribution is -0.186. The molecular weight excluding hydrogens is 320 g/mol. The second kappa shape index (κ2) is 7.54. The van der Waals surface area contributed by atoms with Crippen LogP contribution in [0.1, 0.15) is 43.2 Å². The van der Waals surface area contributed by atoms with Crippen LogP contribution >= 0.6 is 0 Å². The van der Waals surface area contributed by atoms with E-state index in [1.807, 2.05) is 32.0 Å². The third kappa shape index (κ3) is 4.58. The van der Waals surface area contributed by atoms with Crippen molar-refractivity contribution in [1.29, 1.82) is 0 Å². The van der Waals surface area contributed by atoms with E-state index in [1.54, 1.807) is 0 Å². The van der Waals surface area contributed by atoms with Gasteiger partial charge in [-0.1, -0.05) is 12.5 Å². The highest BCUT2D eigenvalue weighted by atomic mass is 16.7. The number of rotatable bonds is 3. The SMILES string of the molecule is Cc1cc(C)cc(NC(=O)C(=O)NCC2COC3(CCCCC3)O2)c1. The Kier molecular flexibility index (Phi) is 5.39. The molecule has 6 heteroatoms. The lowest BCUT2D eigenvalue weighted by atomic mass is 9.94. The van der Waals surface area contributed by atoms with Crippen molar-refractivity contribution in [3.63, 3.8) is 0 Å². The van der Waals surface area contributed by atoms with Gasteiger partial charge in [-0.3, -0.25) is 9.59 Å². The fourth-order valence-corrected chi connectivity index (χ4v) is 3.59. The summed E-state index contributed by atoms with van der Waals surface area (Å²) in [5.41, 5.74) is 2.69. The molecule has 1 atom stereocenters. The number of aryl methyl sites for hydroxylation is 2. The van der Waals surface area contributed by atoms with Crippen molar-refractivity contribution in [2.75, 3.05) is 18.5 Å². The van der Waals surface area contributed by atoms with Crippen molar-refractivity contribution < 1.29 is 19.1 Å². The highest BCUT2D eigenvalue weighted by Gasteiger charge is 2.42. The first-order valence-electron chi connectivity index (χ1n) is 8.95. The number of hydrogen-bond donors (Lipinski definition) is 2. The molecule has 6 nitrogen and oxygen atoms in total. The van der Waals surface area contributed by atoms with E-state index < -0.39 is 17.6 Å². The van der Waals surface area contributed by atoms with Gasteiger partial charge in [0.05, 0.1) is 6.61 Å². The minimum absolute atomic E-state index is 0.198. The fourth-order valence-electron chi connectivity index (χ4n) is 3.59. The lowest BCUT2D eigenvalue weighted by Gasteiger charge is -2.31. The number of benzene rings is 1. The minimum atomic E-state index is -0.670. The van der Waals surface area contributed by atoms with E-state index in [0.29, 0.717) is 12.3 Å². The van der Waals surface area contributed by atoms with Gasteiger partial charge in [0.15, 0.2) is 5.79 Å². The molecule has 0 bridgehead atoms. The van der Waals surface area contributed by atoms with E-state index in [1.165, 1.54) is 6.42 Å². The minimum Gasteiger partial charge on any atom is -0.347 e. The van der Waals surface area contributed by atoms with Gasteiger partial charge >= 0.3 is 11.8 Å². The number of anilines is 1. The van der Waals surface area contributed by atoms with Crippen LogP contribution in [0.15, 0.2) is 18.2 Å². The van der Waals surface area contributed by atoms with Crippen LogP contribution in [0.2, 0.25) is 0 Å². The highest BCUT2D eigenvalue weighted by molar-refractivity contribution is 6.39. The third-order valence-electron chi connectivity index (χ3n) is 4.71. The van der Waals surface area contributed by atoms with Gasteiger partial charge in [-0.2, -0.15) is 0 Å². The Labute approximate surface area is 148 Å². The van der Waals surface area contributed by atoms with Gasteiger partial charge in [-0.15, -0.1) is 0 Å². The van der Waals surface area contributed by atoms with E-state index in [9.17, 15) is 9.59 Å². The maximum absolute atomic E-state index is 12.0. The first kappa shape index (κ1) is 17.9. The van der Waals surface area contributed by atoms with Crippen molar-refractivity contribution in [2.45, 2.75) is 57.8 Å². The Bertz CT molecular complexity index is 633. The molecule has 2 amide bonds. The Morgan fingerprint density at radius 3 is 2.44 bits per heavy atom. The van der Waals surface area contributed by atoms with Crippen LogP contribution in [0.5, 0.6) is 0 Å². The molecule has 1 saturated carbocycles. The molecule has 1 saturated heterocycles. The molecule has 1 aromatic rings. The third-order valence-corrected chi connectivity index (χ3v) is 4.71. The van der Waals surface area contributed by atoms with Gasteiger partial charge in [0, 0.05) is 25.1 Å². The predicted octanol–water partition coefficient (Wildman–Crippen LogP) is 2.43. The van der Waals surface area contributed by atoms with Crippen molar-refractivity contribution in [1.82, 2.24) is 5.32 Å². The summed E-state index contributed by atoms with van der Waals surface area (Å²) in [7, 11) is 0. The number of carbonyl (C=O) groups excluding carboxylic acids is 2. The second-order valence-electron chi connectivity index (χ2n) is 7.06. The summed E-state index contributed by atoms with van der Waals surface area (Å²) >= 11 is 0. The summed E-state index contributed by atoms with van der Waals surface area (Å²) in [6, 6.07) is 5.67. The van der Waals surface area contributed by atoms with Crippen molar-refractivity contribution in [3.8, 4) is 0 Å². The number of hydrogen-bond acceptors (Lipinski definition) is 4. The van der Waals surface area contributed by atoms with E-state index in [2.05, 4.69) is 10.6 Å². The number of ether oxygens (including phenoxy) is 2. The predicted molar refractivity (Wildman–Crippen MR) is 94.2 cm³/mol. The standard InChI is InChI=1S/C19H26N2O4/c1-13-8-14(2)10-15(9-13)21-18(23)17(22)20-11-16-12-24-19(25-16)6-4-3-5-7-19/h8-10,16H,3-7,11-12H2,1-2H3,(H,20,22)(H,21,23). The van der Waals surface area contributed by atoms with E-state index in [0.717, 1.165) is 36.8 Å². The van der Waals surface area contributed by atoms with Crippen molar-refractivity contribution in [3.05, 3.63) is 29.3 Å². The van der Waals surface area contributed by atoms with Crippen LogP contribution in [0, 0.1) is 13.8 Å². The molecule has 1 aliphatic carbocycles. The van der Waals surface area contributed by atoms with Crippen LogP contribution in [0.25, 0.3) is 0 Å². The van der Waals surface area contributed by atoms with Gasteiger partial charge in [0.2, 0.25) is 0 Å². The smallest absolute Gasteiger partial charge is 0.313 e. The molecular formula is C19H26N2O4. The van der Waals surface area contributed by atoms with Gasteiger partial charge < -0.3 is 20.1 Å². The zero-order valence-electron chi connectivity index (χ0n) is 14.9. The van der Waals surface area contributed by atoms with Crippen molar-refractivity contribution in [2.24, 2.45) is 0 Å². The summed E-state index contributed by atoms with van der Waals surface area (Å²) in [5.74, 6) is -1.79. The quantitative estimate of drug-likeness (QED) is 0.824. The zero-order chi connectivity index (χ0) is 17.9. The molecule has 1 aliphatic heterocycles. The number of amides is 2. The first-order valence-corrected chi connectivity index (χ1v) is 8.95. The molecule has 2 N–H and O–H groups in total. The summed E-state index contributed by atoms with van der Waals surface area (Å²) in [5, 5.41) is 5.27. The van der Waals surface area contributed by atoms with Crippen LogP contribution in [-0.4, -0.2) is 36.9 Å². The van der Waals surface area contributed by atoms with Crippen LogP contribution in [0.3, 0.4) is 0 Å². The fraction of sp³-hybridized carbons (Fsp3) is 0.579. The molecule has 0 radical (unpaired) electrons. The molecule has 1 spiro atoms. The molecule has 1 unspecified atom stereocenters. The molecule has 1 aromatic carbocycles. The summed E-state index contributed by atoms with van der Waals surface area (Å²) in [6.45, 7) is 4.63. The Morgan fingerprint density at radius 1 is 1.08 bits per heavy atom. The maximum Gasteiger partial charge on any atom is 0.313 e. The number of carbonyl (C=O) groups is 2. The number of nitrogens with one attached hydrogen (secondary N) is 2. The Balaban J connectivity index is 1.46. The molecule has 2 fully saturated rings. The maximum atomic E-state index is 12.0. The molecule has 0 aromatic heterocycles. The molecule has 3 rings (SSSR count). The van der Waals surface area contributed by atoms with Crippen molar-refractivity contribution >= 4 is 17.5 Å². The highest BCUT2D eigenvalue weighted by Crippen LogP contribution is 2.37. The van der Waals surface area contributed by atoms with Gasteiger partial charge in [-0.05, 0) is 49.9 Å². The summed E-state index contributed by atoms with van der Waals surface area (Å²) < 4.78 is 11.8. The van der Waals surface area contributed by atoms with Crippen LogP contribution in [-0.2, 0) is 19.1 Å². The monoisotopic (exact) mass is 346 g/mol. The van der Waals surface area contributed by atoms with Gasteiger partial charge in [0.25, 0.3) is 0 Å². The van der Waals surface area contributed by atoms with E-state index >= 15 is 0 Å². The van der Waals surface area contributed by atoms with E-state index in [4.69, 9.17) is 9.47 Å². The van der Waals surface area contributed by atoms with Crippen LogP contribution in [0.4, 0.5) is 5.69 Å². The van der Waals surface area contributed by atoms with Gasteiger partial charge in [-0.25, -0.2) is 0 Å². The molecule has 25 heavy (non-hydrogen) atoms. The molecule has 2 aliphatic rings. The first-order chi connectivity index (χ1) is 12.0. The lowest BCUT2D eigenvalue weighted by Crippen LogP contribution is -2.41. The average molecular weight is 346 g/mol. The Morgan fingerprint density at radius 2 is 1.76 bits per heavy atom. The van der Waals surface area contributed by atoms with Crippen LogP contribution < -0.4 is 10.6 Å².